The fourth-order valence-corrected chi connectivity index (χ4v) is 4.17. The summed E-state index contributed by atoms with van der Waals surface area (Å²) >= 11 is 0. The lowest BCUT2D eigenvalue weighted by Crippen LogP contribution is -2.51. The van der Waals surface area contributed by atoms with Gasteiger partial charge in [-0.1, -0.05) is 26.0 Å². The van der Waals surface area contributed by atoms with Crippen molar-refractivity contribution in [2.24, 2.45) is 5.92 Å². The number of benzene rings is 1. The molecule has 2 heterocycles. The van der Waals surface area contributed by atoms with Gasteiger partial charge in [0.15, 0.2) is 0 Å². The van der Waals surface area contributed by atoms with E-state index in [0.29, 0.717) is 24.9 Å². The van der Waals surface area contributed by atoms with Crippen LogP contribution in [0.15, 0.2) is 12.1 Å². The molecule has 2 aromatic rings. The third-order valence-electron chi connectivity index (χ3n) is 5.82. The van der Waals surface area contributed by atoms with Crippen molar-refractivity contribution in [3.8, 4) is 0 Å². The molecule has 0 spiro atoms. The number of amides is 1. The molecule has 27 heavy (non-hydrogen) atoms. The van der Waals surface area contributed by atoms with Crippen LogP contribution in [0.2, 0.25) is 0 Å². The molecule has 1 aliphatic rings. The molecule has 1 aromatic heterocycles. The van der Waals surface area contributed by atoms with Gasteiger partial charge in [0.25, 0.3) is 0 Å². The Bertz CT molecular complexity index is 803. The normalized spacial score (nSPS) is 16.8. The number of hydrogen-bond donors (Lipinski definition) is 2. The van der Waals surface area contributed by atoms with Gasteiger partial charge in [-0.15, -0.1) is 0 Å². The van der Waals surface area contributed by atoms with Crippen LogP contribution >= 0.6 is 0 Å². The molecule has 5 nitrogen and oxygen atoms in total. The van der Waals surface area contributed by atoms with Crippen molar-refractivity contribution in [2.45, 2.75) is 47.1 Å². The maximum atomic E-state index is 12.7. The van der Waals surface area contributed by atoms with Gasteiger partial charge in [-0.2, -0.15) is 0 Å². The van der Waals surface area contributed by atoms with Crippen LogP contribution in [0.4, 0.5) is 0 Å². The molecule has 1 saturated heterocycles. The highest BCUT2D eigenvalue weighted by atomic mass is 16.5. The summed E-state index contributed by atoms with van der Waals surface area (Å²) in [6.45, 7) is 14.9. The van der Waals surface area contributed by atoms with Crippen LogP contribution in [0.25, 0.3) is 10.9 Å². The molecule has 148 valence electrons. The molecule has 3 rings (SSSR count). The number of hydrogen-bond acceptors (Lipinski definition) is 3. The van der Waals surface area contributed by atoms with E-state index in [1.807, 2.05) is 0 Å². The Hall–Kier alpha value is -1.85. The van der Waals surface area contributed by atoms with Crippen LogP contribution in [0.1, 0.15) is 36.2 Å². The van der Waals surface area contributed by atoms with E-state index in [0.717, 1.165) is 43.1 Å². The Balaban J connectivity index is 1.69. The molecule has 2 N–H and O–H groups in total. The van der Waals surface area contributed by atoms with Crippen LogP contribution in [-0.2, 0) is 16.0 Å². The number of aromatic nitrogens is 1. The average Bonchev–Trinajstić information content (AvgIpc) is 2.97. The summed E-state index contributed by atoms with van der Waals surface area (Å²) in [5.41, 5.74) is 5.81. The first-order valence-corrected chi connectivity index (χ1v) is 10.0. The average molecular weight is 372 g/mol. The third-order valence-corrected chi connectivity index (χ3v) is 5.82. The number of rotatable bonds is 6. The highest BCUT2D eigenvalue weighted by molar-refractivity contribution is 5.93. The number of carbonyl (C=O) groups excluding carboxylic acids is 1. The van der Waals surface area contributed by atoms with E-state index in [9.17, 15) is 4.79 Å². The van der Waals surface area contributed by atoms with E-state index >= 15 is 0 Å². The standard InChI is InChI=1S/C22H33N3O2/c1-14(2)19(25-8-10-27-11-9-25)13-23-20(26)12-18-17(5)24-22-16(4)7-6-15(3)21(18)22/h6-7,14,19,24H,8-13H2,1-5H3,(H,23,26)/t19-/m1/s1. The molecule has 0 unspecified atom stereocenters. The largest absolute Gasteiger partial charge is 0.379 e. The molecule has 0 aliphatic carbocycles. The maximum Gasteiger partial charge on any atom is 0.224 e. The smallest absolute Gasteiger partial charge is 0.224 e. The van der Waals surface area contributed by atoms with Gasteiger partial charge < -0.3 is 15.0 Å². The van der Waals surface area contributed by atoms with Crippen molar-refractivity contribution in [2.75, 3.05) is 32.8 Å². The second kappa shape index (κ2) is 8.44. The lowest BCUT2D eigenvalue weighted by molar-refractivity contribution is -0.120. The zero-order chi connectivity index (χ0) is 19.6. The fourth-order valence-electron chi connectivity index (χ4n) is 4.17. The van der Waals surface area contributed by atoms with Gasteiger partial charge in [0, 0.05) is 42.3 Å². The summed E-state index contributed by atoms with van der Waals surface area (Å²) in [6.07, 6.45) is 0.421. The Morgan fingerprint density at radius 3 is 2.52 bits per heavy atom. The molecule has 1 atom stereocenters. The Kier molecular flexibility index (Phi) is 6.22. The topological polar surface area (TPSA) is 57.4 Å². The van der Waals surface area contributed by atoms with Crippen molar-refractivity contribution in [1.82, 2.24) is 15.2 Å². The van der Waals surface area contributed by atoms with Crippen molar-refractivity contribution in [3.63, 3.8) is 0 Å². The Morgan fingerprint density at radius 1 is 1.19 bits per heavy atom. The van der Waals surface area contributed by atoms with Gasteiger partial charge >= 0.3 is 0 Å². The highest BCUT2D eigenvalue weighted by Gasteiger charge is 2.24. The summed E-state index contributed by atoms with van der Waals surface area (Å²) in [5, 5.41) is 4.40. The minimum atomic E-state index is 0.0961. The number of nitrogens with one attached hydrogen (secondary N) is 2. The SMILES string of the molecule is Cc1[nH]c2c(C)ccc(C)c2c1CC(=O)NC[C@H](C(C)C)N1CCOCC1. The van der Waals surface area contributed by atoms with Crippen molar-refractivity contribution in [3.05, 3.63) is 34.5 Å². The molecule has 0 radical (unpaired) electrons. The van der Waals surface area contributed by atoms with Crippen molar-refractivity contribution >= 4 is 16.8 Å². The van der Waals surface area contributed by atoms with Gasteiger partial charge in [-0.25, -0.2) is 0 Å². The molecular weight excluding hydrogens is 338 g/mol. The molecule has 0 bridgehead atoms. The molecule has 0 saturated carbocycles. The summed E-state index contributed by atoms with van der Waals surface area (Å²) in [6, 6.07) is 4.62. The van der Waals surface area contributed by atoms with Crippen molar-refractivity contribution < 1.29 is 9.53 Å². The summed E-state index contributed by atoms with van der Waals surface area (Å²) < 4.78 is 5.47. The van der Waals surface area contributed by atoms with Crippen LogP contribution < -0.4 is 5.32 Å². The highest BCUT2D eigenvalue weighted by Crippen LogP contribution is 2.28. The van der Waals surface area contributed by atoms with E-state index in [-0.39, 0.29) is 5.91 Å². The number of fused-ring (bicyclic) bond motifs is 1. The second-order valence-corrected chi connectivity index (χ2v) is 8.12. The van der Waals surface area contributed by atoms with Crippen LogP contribution in [-0.4, -0.2) is 54.7 Å². The quantitative estimate of drug-likeness (QED) is 0.820. The van der Waals surface area contributed by atoms with Gasteiger partial charge in [-0.3, -0.25) is 9.69 Å². The summed E-state index contributed by atoms with van der Waals surface area (Å²) in [4.78, 5) is 18.7. The number of aryl methyl sites for hydroxylation is 3. The number of ether oxygens (including phenoxy) is 1. The minimum Gasteiger partial charge on any atom is -0.379 e. The predicted molar refractivity (Wildman–Crippen MR) is 110 cm³/mol. The molecule has 1 amide bonds. The van der Waals surface area contributed by atoms with Gasteiger partial charge in [0.2, 0.25) is 5.91 Å². The summed E-state index contributed by atoms with van der Waals surface area (Å²) in [7, 11) is 0. The monoisotopic (exact) mass is 371 g/mol. The number of morpholine rings is 1. The third kappa shape index (κ3) is 4.36. The number of H-pyrrole nitrogens is 1. The zero-order valence-electron chi connectivity index (χ0n) is 17.3. The van der Waals surface area contributed by atoms with Gasteiger partial charge in [0.1, 0.15) is 0 Å². The zero-order valence-corrected chi connectivity index (χ0v) is 17.3. The van der Waals surface area contributed by atoms with Crippen molar-refractivity contribution in [1.29, 1.82) is 0 Å². The minimum absolute atomic E-state index is 0.0961. The summed E-state index contributed by atoms with van der Waals surface area (Å²) in [5.74, 6) is 0.585. The predicted octanol–water partition coefficient (Wildman–Crippen LogP) is 3.11. The van der Waals surface area contributed by atoms with Crippen LogP contribution in [0.5, 0.6) is 0 Å². The maximum absolute atomic E-state index is 12.7. The second-order valence-electron chi connectivity index (χ2n) is 8.12. The number of carbonyl (C=O) groups is 1. The molecular formula is C22H33N3O2. The lowest BCUT2D eigenvalue weighted by atomic mass is 10.00. The first kappa shape index (κ1) is 19.9. The van der Waals surface area contributed by atoms with Gasteiger partial charge in [0.05, 0.1) is 19.6 Å². The first-order valence-electron chi connectivity index (χ1n) is 10.0. The number of nitrogens with zero attached hydrogens (tertiary/aromatic N) is 1. The molecule has 1 aromatic carbocycles. The van der Waals surface area contributed by atoms with E-state index < -0.39 is 0 Å². The van der Waals surface area contributed by atoms with E-state index in [2.05, 4.69) is 62.0 Å². The Morgan fingerprint density at radius 2 is 1.85 bits per heavy atom. The number of aromatic amines is 1. The first-order chi connectivity index (χ1) is 12.9. The Labute approximate surface area is 162 Å². The van der Waals surface area contributed by atoms with E-state index in [1.165, 1.54) is 16.5 Å². The van der Waals surface area contributed by atoms with Crippen LogP contribution in [0, 0.1) is 26.7 Å². The van der Waals surface area contributed by atoms with Gasteiger partial charge in [-0.05, 0) is 43.4 Å². The molecule has 1 fully saturated rings. The van der Waals surface area contributed by atoms with E-state index in [1.54, 1.807) is 0 Å². The fraction of sp³-hybridized carbons (Fsp3) is 0.591. The lowest BCUT2D eigenvalue weighted by Gasteiger charge is -2.36. The molecule has 5 heteroatoms. The van der Waals surface area contributed by atoms with E-state index in [4.69, 9.17) is 4.74 Å². The van der Waals surface area contributed by atoms with Crippen LogP contribution in [0.3, 0.4) is 0 Å². The molecule has 1 aliphatic heterocycles.